The summed E-state index contributed by atoms with van der Waals surface area (Å²) in [6.07, 6.45) is 3.06. The SMILES string of the molecule is C[C@H]1OCC[C@H]1Nc1ccc(Cl)nc1. The van der Waals surface area contributed by atoms with E-state index in [1.807, 2.05) is 6.07 Å². The van der Waals surface area contributed by atoms with Crippen molar-refractivity contribution in [2.24, 2.45) is 0 Å². The van der Waals surface area contributed by atoms with Crippen molar-refractivity contribution in [1.82, 2.24) is 4.98 Å². The quantitative estimate of drug-likeness (QED) is 0.765. The van der Waals surface area contributed by atoms with Gasteiger partial charge in [0.15, 0.2) is 0 Å². The molecule has 1 aromatic heterocycles. The van der Waals surface area contributed by atoms with Crippen LogP contribution in [0, 0.1) is 0 Å². The molecule has 2 atom stereocenters. The molecule has 76 valence electrons. The third-order valence-electron chi connectivity index (χ3n) is 2.46. The summed E-state index contributed by atoms with van der Waals surface area (Å²) in [7, 11) is 0. The number of anilines is 1. The highest BCUT2D eigenvalue weighted by atomic mass is 35.5. The smallest absolute Gasteiger partial charge is 0.129 e. The molecular formula is C10H13ClN2O. The summed E-state index contributed by atoms with van der Waals surface area (Å²) in [5, 5.41) is 3.89. The first kappa shape index (κ1) is 9.74. The number of hydrogen-bond donors (Lipinski definition) is 1. The van der Waals surface area contributed by atoms with E-state index in [2.05, 4.69) is 17.2 Å². The number of nitrogens with zero attached hydrogens (tertiary/aromatic N) is 1. The maximum Gasteiger partial charge on any atom is 0.129 e. The van der Waals surface area contributed by atoms with Crippen LogP contribution in [0.1, 0.15) is 13.3 Å². The third kappa shape index (κ3) is 2.16. The normalized spacial score (nSPS) is 26.4. The van der Waals surface area contributed by atoms with E-state index >= 15 is 0 Å². The standard InChI is InChI=1S/C10H13ClN2O/c1-7-9(4-5-14-7)13-8-2-3-10(11)12-6-8/h2-3,6-7,9,13H,4-5H2,1H3/t7-,9-/m1/s1. The summed E-state index contributed by atoms with van der Waals surface area (Å²) < 4.78 is 5.45. The Morgan fingerprint density at radius 2 is 2.43 bits per heavy atom. The van der Waals surface area contributed by atoms with Crippen LogP contribution in [0.3, 0.4) is 0 Å². The van der Waals surface area contributed by atoms with Gasteiger partial charge < -0.3 is 10.1 Å². The van der Waals surface area contributed by atoms with Crippen molar-refractivity contribution < 1.29 is 4.74 Å². The Morgan fingerprint density at radius 3 is 3.00 bits per heavy atom. The van der Waals surface area contributed by atoms with E-state index in [1.165, 1.54) is 0 Å². The molecule has 1 aromatic rings. The fourth-order valence-corrected chi connectivity index (χ4v) is 1.71. The Labute approximate surface area is 88.4 Å². The second-order valence-electron chi connectivity index (χ2n) is 3.49. The van der Waals surface area contributed by atoms with Crippen LogP contribution in [0.5, 0.6) is 0 Å². The number of pyridine rings is 1. The van der Waals surface area contributed by atoms with Crippen LogP contribution in [0.4, 0.5) is 5.69 Å². The van der Waals surface area contributed by atoms with Crippen LogP contribution in [0.15, 0.2) is 18.3 Å². The minimum Gasteiger partial charge on any atom is -0.378 e. The highest BCUT2D eigenvalue weighted by Crippen LogP contribution is 2.18. The monoisotopic (exact) mass is 212 g/mol. The van der Waals surface area contributed by atoms with Gasteiger partial charge in [-0.3, -0.25) is 0 Å². The highest BCUT2D eigenvalue weighted by Gasteiger charge is 2.23. The van der Waals surface area contributed by atoms with Gasteiger partial charge in [-0.25, -0.2) is 4.98 Å². The average molecular weight is 213 g/mol. The second kappa shape index (κ2) is 4.15. The Morgan fingerprint density at radius 1 is 1.57 bits per heavy atom. The van der Waals surface area contributed by atoms with E-state index in [4.69, 9.17) is 16.3 Å². The van der Waals surface area contributed by atoms with Gasteiger partial charge in [-0.15, -0.1) is 0 Å². The van der Waals surface area contributed by atoms with Crippen molar-refractivity contribution >= 4 is 17.3 Å². The van der Waals surface area contributed by atoms with Gasteiger partial charge in [0.25, 0.3) is 0 Å². The number of rotatable bonds is 2. The highest BCUT2D eigenvalue weighted by molar-refractivity contribution is 6.29. The van der Waals surface area contributed by atoms with Gasteiger partial charge in [-0.1, -0.05) is 11.6 Å². The maximum atomic E-state index is 5.69. The van der Waals surface area contributed by atoms with Crippen molar-refractivity contribution in [1.29, 1.82) is 0 Å². The molecular weight excluding hydrogens is 200 g/mol. The molecule has 2 rings (SSSR count). The van der Waals surface area contributed by atoms with Gasteiger partial charge >= 0.3 is 0 Å². The molecule has 3 nitrogen and oxygen atoms in total. The lowest BCUT2D eigenvalue weighted by Gasteiger charge is -2.16. The molecule has 2 heterocycles. The van der Waals surface area contributed by atoms with E-state index in [9.17, 15) is 0 Å². The molecule has 0 unspecified atom stereocenters. The van der Waals surface area contributed by atoms with Crippen LogP contribution >= 0.6 is 11.6 Å². The first-order valence-electron chi connectivity index (χ1n) is 4.75. The largest absolute Gasteiger partial charge is 0.378 e. The molecule has 1 saturated heterocycles. The van der Waals surface area contributed by atoms with E-state index in [0.29, 0.717) is 11.2 Å². The van der Waals surface area contributed by atoms with Gasteiger partial charge in [-0.05, 0) is 25.5 Å². The zero-order chi connectivity index (χ0) is 9.97. The predicted octanol–water partition coefficient (Wildman–Crippen LogP) is 2.32. The summed E-state index contributed by atoms with van der Waals surface area (Å²) in [4.78, 5) is 4.01. The number of hydrogen-bond acceptors (Lipinski definition) is 3. The molecule has 4 heteroatoms. The maximum absolute atomic E-state index is 5.69. The Hall–Kier alpha value is -0.800. The van der Waals surface area contributed by atoms with E-state index in [0.717, 1.165) is 18.7 Å². The Bertz CT molecular complexity index is 301. The summed E-state index contributed by atoms with van der Waals surface area (Å²) in [6.45, 7) is 2.91. The zero-order valence-electron chi connectivity index (χ0n) is 8.03. The number of nitrogens with one attached hydrogen (secondary N) is 1. The summed E-state index contributed by atoms with van der Waals surface area (Å²) in [5.74, 6) is 0. The Kier molecular flexibility index (Phi) is 2.89. The minimum atomic E-state index is 0.269. The predicted molar refractivity (Wildman–Crippen MR) is 56.7 cm³/mol. The second-order valence-corrected chi connectivity index (χ2v) is 3.87. The average Bonchev–Trinajstić information content (AvgIpc) is 2.56. The molecule has 0 radical (unpaired) electrons. The first-order chi connectivity index (χ1) is 6.75. The fraction of sp³-hybridized carbons (Fsp3) is 0.500. The van der Waals surface area contributed by atoms with Gasteiger partial charge in [0.2, 0.25) is 0 Å². The molecule has 1 fully saturated rings. The molecule has 14 heavy (non-hydrogen) atoms. The molecule has 0 aliphatic carbocycles. The molecule has 0 spiro atoms. The Balaban J connectivity index is 2.00. The van der Waals surface area contributed by atoms with Crippen molar-refractivity contribution in [2.45, 2.75) is 25.5 Å². The molecule has 1 aliphatic rings. The van der Waals surface area contributed by atoms with Crippen molar-refractivity contribution in [2.75, 3.05) is 11.9 Å². The topological polar surface area (TPSA) is 34.1 Å². The lowest BCUT2D eigenvalue weighted by atomic mass is 10.1. The summed E-state index contributed by atoms with van der Waals surface area (Å²) >= 11 is 5.69. The van der Waals surface area contributed by atoms with E-state index in [-0.39, 0.29) is 6.10 Å². The van der Waals surface area contributed by atoms with Crippen molar-refractivity contribution in [3.05, 3.63) is 23.5 Å². The van der Waals surface area contributed by atoms with E-state index < -0.39 is 0 Å². The third-order valence-corrected chi connectivity index (χ3v) is 2.68. The molecule has 0 bridgehead atoms. The summed E-state index contributed by atoms with van der Waals surface area (Å²) in [5.41, 5.74) is 0.997. The van der Waals surface area contributed by atoms with Crippen molar-refractivity contribution in [3.8, 4) is 0 Å². The van der Waals surface area contributed by atoms with Crippen LogP contribution < -0.4 is 5.32 Å². The van der Waals surface area contributed by atoms with E-state index in [1.54, 1.807) is 12.3 Å². The summed E-state index contributed by atoms with van der Waals surface area (Å²) in [6, 6.07) is 4.10. The van der Waals surface area contributed by atoms with Crippen LogP contribution in [-0.4, -0.2) is 23.7 Å². The van der Waals surface area contributed by atoms with Crippen LogP contribution in [-0.2, 0) is 4.74 Å². The molecule has 1 N–H and O–H groups in total. The van der Waals surface area contributed by atoms with Gasteiger partial charge in [-0.2, -0.15) is 0 Å². The van der Waals surface area contributed by atoms with Gasteiger partial charge in [0.05, 0.1) is 24.0 Å². The number of aromatic nitrogens is 1. The molecule has 0 aromatic carbocycles. The minimum absolute atomic E-state index is 0.269. The number of halogens is 1. The molecule has 0 saturated carbocycles. The van der Waals surface area contributed by atoms with Gasteiger partial charge in [0.1, 0.15) is 5.15 Å². The molecule has 0 amide bonds. The van der Waals surface area contributed by atoms with Gasteiger partial charge in [0, 0.05) is 6.61 Å². The first-order valence-corrected chi connectivity index (χ1v) is 5.13. The van der Waals surface area contributed by atoms with Crippen molar-refractivity contribution in [3.63, 3.8) is 0 Å². The van der Waals surface area contributed by atoms with Crippen LogP contribution in [0.25, 0.3) is 0 Å². The molecule has 1 aliphatic heterocycles. The zero-order valence-corrected chi connectivity index (χ0v) is 8.79. The van der Waals surface area contributed by atoms with Crippen LogP contribution in [0.2, 0.25) is 5.15 Å². The lowest BCUT2D eigenvalue weighted by molar-refractivity contribution is 0.121. The fourth-order valence-electron chi connectivity index (χ4n) is 1.60. The number of ether oxygens (including phenoxy) is 1. The lowest BCUT2D eigenvalue weighted by Crippen LogP contribution is -2.26.